The lowest BCUT2D eigenvalue weighted by Gasteiger charge is -2.39. The number of ether oxygens (including phenoxy) is 1. The van der Waals surface area contributed by atoms with Crippen LogP contribution >= 0.6 is 0 Å². The predicted molar refractivity (Wildman–Crippen MR) is 101 cm³/mol. The summed E-state index contributed by atoms with van der Waals surface area (Å²) in [5.74, 6) is 0.421. The molecule has 2 atom stereocenters. The maximum absolute atomic E-state index is 12.9. The lowest BCUT2D eigenvalue weighted by atomic mass is 9.88. The van der Waals surface area contributed by atoms with Crippen LogP contribution in [0.4, 0.5) is 0 Å². The fourth-order valence-electron chi connectivity index (χ4n) is 3.85. The molecule has 0 saturated carbocycles. The monoisotopic (exact) mass is 380 g/mol. The lowest BCUT2D eigenvalue weighted by molar-refractivity contribution is -0.127. The number of sulfonamides is 1. The van der Waals surface area contributed by atoms with E-state index in [1.807, 2.05) is 32.9 Å². The molecular weight excluding hydrogens is 352 g/mol. The van der Waals surface area contributed by atoms with Gasteiger partial charge in [0.25, 0.3) is 0 Å². The van der Waals surface area contributed by atoms with Gasteiger partial charge < -0.3 is 10.1 Å². The van der Waals surface area contributed by atoms with Crippen molar-refractivity contribution in [2.24, 2.45) is 5.92 Å². The molecule has 1 saturated heterocycles. The first kappa shape index (κ1) is 19.2. The van der Waals surface area contributed by atoms with Gasteiger partial charge in [0.15, 0.2) is 0 Å². The van der Waals surface area contributed by atoms with E-state index in [0.29, 0.717) is 25.8 Å². The van der Waals surface area contributed by atoms with Gasteiger partial charge in [-0.1, -0.05) is 17.7 Å². The highest BCUT2D eigenvalue weighted by Gasteiger charge is 2.37. The van der Waals surface area contributed by atoms with Gasteiger partial charge in [-0.2, -0.15) is 0 Å². The third-order valence-electron chi connectivity index (χ3n) is 5.16. The molecule has 2 aliphatic heterocycles. The summed E-state index contributed by atoms with van der Waals surface area (Å²) in [6, 6.07) is 5.88. The van der Waals surface area contributed by atoms with Crippen molar-refractivity contribution in [3.05, 3.63) is 29.3 Å². The third kappa shape index (κ3) is 4.20. The molecule has 1 amide bonds. The number of carbonyl (C=O) groups is 1. The Balaban J connectivity index is 1.78. The van der Waals surface area contributed by atoms with E-state index in [1.165, 1.54) is 10.6 Å². The fraction of sp³-hybridized carbons (Fsp3) is 0.632. The molecule has 0 radical (unpaired) electrons. The maximum Gasteiger partial charge on any atom is 0.224 e. The van der Waals surface area contributed by atoms with E-state index >= 15 is 0 Å². The SMILES string of the molecule is Cc1ccc2c(c1)[C@H](NC(=O)[C@H]1CCCN(S(C)(=O)=O)C1)CC(C)(C)O2. The molecule has 2 aliphatic rings. The topological polar surface area (TPSA) is 75.7 Å². The second kappa shape index (κ2) is 6.85. The van der Waals surface area contributed by atoms with Gasteiger partial charge in [0.2, 0.25) is 15.9 Å². The Hall–Kier alpha value is -1.60. The molecule has 0 bridgehead atoms. The quantitative estimate of drug-likeness (QED) is 0.874. The number of hydrogen-bond acceptors (Lipinski definition) is 4. The molecule has 2 heterocycles. The summed E-state index contributed by atoms with van der Waals surface area (Å²) >= 11 is 0. The van der Waals surface area contributed by atoms with Gasteiger partial charge in [-0.3, -0.25) is 4.79 Å². The number of hydrogen-bond donors (Lipinski definition) is 1. The normalized spacial score (nSPS) is 25.8. The summed E-state index contributed by atoms with van der Waals surface area (Å²) in [4.78, 5) is 12.9. The molecule has 0 unspecified atom stereocenters. The molecule has 144 valence electrons. The molecule has 7 heteroatoms. The number of carbonyl (C=O) groups excluding carboxylic acids is 1. The zero-order valence-electron chi connectivity index (χ0n) is 15.9. The largest absolute Gasteiger partial charge is 0.487 e. The number of aryl methyl sites for hydroxylation is 1. The van der Waals surface area contributed by atoms with Crippen LogP contribution in [-0.4, -0.2) is 43.6 Å². The van der Waals surface area contributed by atoms with E-state index in [0.717, 1.165) is 16.9 Å². The minimum atomic E-state index is -3.26. The van der Waals surface area contributed by atoms with Gasteiger partial charge in [0, 0.05) is 25.1 Å². The molecule has 1 N–H and O–H groups in total. The highest BCUT2D eigenvalue weighted by atomic mass is 32.2. The summed E-state index contributed by atoms with van der Waals surface area (Å²) in [6.07, 6.45) is 3.30. The molecule has 3 rings (SSSR count). The average Bonchev–Trinajstić information content (AvgIpc) is 2.54. The van der Waals surface area contributed by atoms with Crippen molar-refractivity contribution in [3.63, 3.8) is 0 Å². The Kier molecular flexibility index (Phi) is 5.05. The summed E-state index contributed by atoms with van der Waals surface area (Å²) in [6.45, 7) is 6.80. The van der Waals surface area contributed by atoms with Gasteiger partial charge in [-0.15, -0.1) is 0 Å². The minimum absolute atomic E-state index is 0.0755. The Morgan fingerprint density at radius 1 is 1.35 bits per heavy atom. The highest BCUT2D eigenvalue weighted by molar-refractivity contribution is 7.88. The van der Waals surface area contributed by atoms with Crippen LogP contribution in [0.15, 0.2) is 18.2 Å². The molecule has 1 fully saturated rings. The summed E-state index contributed by atoms with van der Waals surface area (Å²) in [5.41, 5.74) is 1.74. The Labute approximate surface area is 156 Å². The maximum atomic E-state index is 12.9. The lowest BCUT2D eigenvalue weighted by Crippen LogP contribution is -2.47. The first-order valence-electron chi connectivity index (χ1n) is 9.10. The zero-order valence-corrected chi connectivity index (χ0v) is 16.7. The van der Waals surface area contributed by atoms with Crippen molar-refractivity contribution in [1.29, 1.82) is 0 Å². The van der Waals surface area contributed by atoms with Gasteiger partial charge >= 0.3 is 0 Å². The van der Waals surface area contributed by atoms with E-state index in [1.54, 1.807) is 0 Å². The molecule has 1 aromatic rings. The van der Waals surface area contributed by atoms with Gasteiger partial charge in [0.05, 0.1) is 18.2 Å². The first-order valence-corrected chi connectivity index (χ1v) is 10.9. The van der Waals surface area contributed by atoms with E-state index in [9.17, 15) is 13.2 Å². The van der Waals surface area contributed by atoms with Crippen molar-refractivity contribution in [2.45, 2.75) is 51.7 Å². The Bertz CT molecular complexity index is 804. The molecule has 26 heavy (non-hydrogen) atoms. The third-order valence-corrected chi connectivity index (χ3v) is 6.43. The second-order valence-electron chi connectivity index (χ2n) is 8.13. The standard InChI is InChI=1S/C19H28N2O4S/c1-13-7-8-17-15(10-13)16(11-19(2,3)25-17)20-18(22)14-6-5-9-21(12-14)26(4,23)24/h7-8,10,14,16H,5-6,9,11-12H2,1-4H3,(H,20,22)/t14-,16+/m0/s1. The van der Waals surface area contributed by atoms with Gasteiger partial charge in [-0.05, 0) is 39.7 Å². The number of rotatable bonds is 3. The number of amides is 1. The molecule has 0 spiro atoms. The molecule has 0 aliphatic carbocycles. The number of piperidine rings is 1. The molecule has 1 aromatic carbocycles. The average molecular weight is 381 g/mol. The van der Waals surface area contributed by atoms with Crippen molar-refractivity contribution in [1.82, 2.24) is 9.62 Å². The summed E-state index contributed by atoms with van der Waals surface area (Å²) in [7, 11) is -3.26. The van der Waals surface area contributed by atoms with Gasteiger partial charge in [0.1, 0.15) is 11.4 Å². The highest BCUT2D eigenvalue weighted by Crippen LogP contribution is 2.40. The predicted octanol–water partition coefficient (Wildman–Crippen LogP) is 2.39. The van der Waals surface area contributed by atoms with E-state index in [2.05, 4.69) is 11.4 Å². The molecule has 0 aromatic heterocycles. The summed E-state index contributed by atoms with van der Waals surface area (Å²) < 4.78 is 31.1. The van der Waals surface area contributed by atoms with Crippen LogP contribution in [0.1, 0.15) is 50.3 Å². The minimum Gasteiger partial charge on any atom is -0.487 e. The zero-order chi connectivity index (χ0) is 19.1. The Morgan fingerprint density at radius 2 is 2.08 bits per heavy atom. The van der Waals surface area contributed by atoms with Crippen molar-refractivity contribution >= 4 is 15.9 Å². The van der Waals surface area contributed by atoms with E-state index < -0.39 is 10.0 Å². The van der Waals surface area contributed by atoms with Gasteiger partial charge in [-0.25, -0.2) is 12.7 Å². The molecular formula is C19H28N2O4S. The van der Waals surface area contributed by atoms with Crippen molar-refractivity contribution in [3.8, 4) is 5.75 Å². The number of nitrogens with one attached hydrogen (secondary N) is 1. The van der Waals surface area contributed by atoms with Crippen LogP contribution in [0.2, 0.25) is 0 Å². The second-order valence-corrected chi connectivity index (χ2v) is 10.1. The number of fused-ring (bicyclic) bond motifs is 1. The molecule has 6 nitrogen and oxygen atoms in total. The van der Waals surface area contributed by atoms with Crippen LogP contribution in [0.5, 0.6) is 5.75 Å². The first-order chi connectivity index (χ1) is 12.0. The van der Waals surface area contributed by atoms with Crippen LogP contribution in [0.3, 0.4) is 0 Å². The van der Waals surface area contributed by atoms with Crippen molar-refractivity contribution < 1.29 is 17.9 Å². The van der Waals surface area contributed by atoms with Crippen LogP contribution in [-0.2, 0) is 14.8 Å². The van der Waals surface area contributed by atoms with Crippen LogP contribution in [0.25, 0.3) is 0 Å². The van der Waals surface area contributed by atoms with Crippen LogP contribution in [0, 0.1) is 12.8 Å². The number of nitrogens with zero attached hydrogens (tertiary/aromatic N) is 1. The van der Waals surface area contributed by atoms with E-state index in [-0.39, 0.29) is 30.0 Å². The van der Waals surface area contributed by atoms with Crippen LogP contribution < -0.4 is 10.1 Å². The smallest absolute Gasteiger partial charge is 0.224 e. The Morgan fingerprint density at radius 3 is 2.77 bits per heavy atom. The van der Waals surface area contributed by atoms with E-state index in [4.69, 9.17) is 4.74 Å². The van der Waals surface area contributed by atoms with Crippen molar-refractivity contribution in [2.75, 3.05) is 19.3 Å². The fourth-order valence-corrected chi connectivity index (χ4v) is 4.76. The number of benzene rings is 1. The summed E-state index contributed by atoms with van der Waals surface area (Å²) in [5, 5.41) is 3.16.